The van der Waals surface area contributed by atoms with E-state index in [0.717, 1.165) is 43.3 Å². The predicted octanol–water partition coefficient (Wildman–Crippen LogP) is 2.52. The molecule has 1 atom stereocenters. The highest BCUT2D eigenvalue weighted by atomic mass is 16.5. The van der Waals surface area contributed by atoms with Crippen LogP contribution in [0.5, 0.6) is 0 Å². The van der Waals surface area contributed by atoms with Crippen molar-refractivity contribution in [1.29, 1.82) is 0 Å². The minimum atomic E-state index is 0.558. The number of nitrogens with one attached hydrogen (secondary N) is 1. The highest BCUT2D eigenvalue weighted by molar-refractivity contribution is 5.06. The lowest BCUT2D eigenvalue weighted by Crippen LogP contribution is -2.35. The van der Waals surface area contributed by atoms with Crippen LogP contribution in [0, 0.1) is 6.92 Å². The molecule has 0 aromatic carbocycles. The van der Waals surface area contributed by atoms with Crippen LogP contribution < -0.4 is 5.32 Å². The zero-order valence-corrected chi connectivity index (χ0v) is 13.2. The lowest BCUT2D eigenvalue weighted by Gasteiger charge is -2.29. The number of aryl methyl sites for hydroxylation is 1. The van der Waals surface area contributed by atoms with Crippen LogP contribution in [0.2, 0.25) is 0 Å². The Balaban J connectivity index is 1.74. The van der Waals surface area contributed by atoms with Gasteiger partial charge in [0.1, 0.15) is 0 Å². The summed E-state index contributed by atoms with van der Waals surface area (Å²) in [5.41, 5.74) is 2.05. The first-order chi connectivity index (χ1) is 10.8. The van der Waals surface area contributed by atoms with E-state index in [4.69, 9.17) is 4.52 Å². The largest absolute Gasteiger partial charge is 0.360 e. The molecule has 0 bridgehead atoms. The molecule has 1 fully saturated rings. The molecule has 2 aromatic rings. The molecule has 5 nitrogen and oxygen atoms in total. The predicted molar refractivity (Wildman–Crippen MR) is 85.2 cm³/mol. The topological polar surface area (TPSA) is 54.2 Å². The molecular weight excluding hydrogens is 276 g/mol. The summed E-state index contributed by atoms with van der Waals surface area (Å²) in [5.74, 6) is 0.936. The Hall–Kier alpha value is -1.72. The molecule has 0 radical (unpaired) electrons. The molecule has 3 heterocycles. The van der Waals surface area contributed by atoms with Crippen LogP contribution in [0.4, 0.5) is 0 Å². The molecule has 1 aliphatic heterocycles. The van der Waals surface area contributed by atoms with E-state index in [-0.39, 0.29) is 0 Å². The van der Waals surface area contributed by atoms with Crippen LogP contribution in [0.3, 0.4) is 0 Å². The lowest BCUT2D eigenvalue weighted by molar-refractivity contribution is 0.145. The monoisotopic (exact) mass is 300 g/mol. The lowest BCUT2D eigenvalue weighted by atomic mass is 10.1. The van der Waals surface area contributed by atoms with E-state index in [1.807, 2.05) is 31.3 Å². The van der Waals surface area contributed by atoms with Crippen LogP contribution >= 0.6 is 0 Å². The minimum Gasteiger partial charge on any atom is -0.360 e. The summed E-state index contributed by atoms with van der Waals surface area (Å²) >= 11 is 0. The normalized spacial score (nSPS) is 19.3. The van der Waals surface area contributed by atoms with E-state index < -0.39 is 0 Å². The Labute approximate surface area is 131 Å². The molecule has 1 aliphatic rings. The Bertz CT molecular complexity index is 561. The van der Waals surface area contributed by atoms with E-state index in [0.29, 0.717) is 6.04 Å². The molecular formula is C17H24N4O. The van der Waals surface area contributed by atoms with Gasteiger partial charge in [-0.2, -0.15) is 0 Å². The molecule has 22 heavy (non-hydrogen) atoms. The second kappa shape index (κ2) is 7.51. The number of rotatable bonds is 5. The van der Waals surface area contributed by atoms with Gasteiger partial charge >= 0.3 is 0 Å². The van der Waals surface area contributed by atoms with E-state index >= 15 is 0 Å². The quantitative estimate of drug-likeness (QED) is 0.919. The molecule has 1 N–H and O–H groups in total. The van der Waals surface area contributed by atoms with Crippen molar-refractivity contribution in [2.75, 3.05) is 13.1 Å². The Morgan fingerprint density at radius 2 is 2.23 bits per heavy atom. The van der Waals surface area contributed by atoms with Crippen LogP contribution in [0.25, 0.3) is 0 Å². The third kappa shape index (κ3) is 4.15. The molecule has 1 saturated heterocycles. The first kappa shape index (κ1) is 15.2. The Kier molecular flexibility index (Phi) is 5.19. The summed E-state index contributed by atoms with van der Waals surface area (Å²) in [6.07, 6.45) is 5.46. The fourth-order valence-electron chi connectivity index (χ4n) is 3.07. The first-order valence-corrected chi connectivity index (χ1v) is 8.08. The molecule has 0 aliphatic carbocycles. The average molecular weight is 300 g/mol. The third-order valence-electron chi connectivity index (χ3n) is 4.19. The van der Waals surface area contributed by atoms with Crippen molar-refractivity contribution >= 4 is 0 Å². The summed E-state index contributed by atoms with van der Waals surface area (Å²) in [6, 6.07) is 8.69. The van der Waals surface area contributed by atoms with Gasteiger partial charge in [0.2, 0.25) is 0 Å². The maximum absolute atomic E-state index is 5.43. The van der Waals surface area contributed by atoms with Gasteiger partial charge in [0.25, 0.3) is 0 Å². The van der Waals surface area contributed by atoms with Gasteiger partial charge in [-0.15, -0.1) is 0 Å². The van der Waals surface area contributed by atoms with Gasteiger partial charge in [-0.25, -0.2) is 0 Å². The Morgan fingerprint density at radius 3 is 3.00 bits per heavy atom. The summed E-state index contributed by atoms with van der Waals surface area (Å²) < 4.78 is 5.43. The fraction of sp³-hybridized carbons (Fsp3) is 0.529. The fourth-order valence-corrected chi connectivity index (χ4v) is 3.07. The van der Waals surface area contributed by atoms with Crippen molar-refractivity contribution in [2.45, 2.75) is 45.3 Å². The molecule has 0 spiro atoms. The van der Waals surface area contributed by atoms with Crippen molar-refractivity contribution in [3.8, 4) is 0 Å². The smallest absolute Gasteiger partial charge is 0.150 e. The standard InChI is InChI=1S/C17H24N4O/c1-14-11-17(22-20-14)13-21(12-15-5-2-3-9-19-15)16-6-4-8-18-10-7-16/h2-3,5,9,11,16,18H,4,6-8,10,12-13H2,1H3. The van der Waals surface area contributed by atoms with Crippen LogP contribution in [0.1, 0.15) is 36.4 Å². The van der Waals surface area contributed by atoms with Gasteiger partial charge in [0.05, 0.1) is 17.9 Å². The van der Waals surface area contributed by atoms with E-state index in [1.54, 1.807) is 0 Å². The maximum atomic E-state index is 5.43. The highest BCUT2D eigenvalue weighted by Crippen LogP contribution is 2.19. The first-order valence-electron chi connectivity index (χ1n) is 8.08. The summed E-state index contributed by atoms with van der Waals surface area (Å²) in [6.45, 7) is 5.81. The van der Waals surface area contributed by atoms with E-state index in [9.17, 15) is 0 Å². The molecule has 1 unspecified atom stereocenters. The summed E-state index contributed by atoms with van der Waals surface area (Å²) in [4.78, 5) is 6.96. The number of nitrogens with zero attached hydrogens (tertiary/aromatic N) is 3. The zero-order valence-electron chi connectivity index (χ0n) is 13.2. The van der Waals surface area contributed by atoms with Crippen molar-refractivity contribution in [2.24, 2.45) is 0 Å². The minimum absolute atomic E-state index is 0.558. The molecule has 0 saturated carbocycles. The van der Waals surface area contributed by atoms with Gasteiger partial charge in [-0.3, -0.25) is 9.88 Å². The van der Waals surface area contributed by atoms with Gasteiger partial charge in [-0.05, 0) is 51.4 Å². The van der Waals surface area contributed by atoms with Crippen molar-refractivity contribution in [3.05, 3.63) is 47.6 Å². The molecule has 118 valence electrons. The number of hydrogen-bond acceptors (Lipinski definition) is 5. The van der Waals surface area contributed by atoms with Gasteiger partial charge < -0.3 is 9.84 Å². The maximum Gasteiger partial charge on any atom is 0.150 e. The summed E-state index contributed by atoms with van der Waals surface area (Å²) in [5, 5.41) is 7.50. The van der Waals surface area contributed by atoms with Crippen molar-refractivity contribution in [1.82, 2.24) is 20.4 Å². The second-order valence-corrected chi connectivity index (χ2v) is 6.00. The third-order valence-corrected chi connectivity index (χ3v) is 4.19. The van der Waals surface area contributed by atoms with E-state index in [2.05, 4.69) is 26.4 Å². The highest BCUT2D eigenvalue weighted by Gasteiger charge is 2.22. The second-order valence-electron chi connectivity index (χ2n) is 6.00. The molecule has 0 amide bonds. The zero-order chi connectivity index (χ0) is 15.2. The van der Waals surface area contributed by atoms with Gasteiger partial charge in [0.15, 0.2) is 5.76 Å². The van der Waals surface area contributed by atoms with E-state index in [1.165, 1.54) is 19.3 Å². The number of aromatic nitrogens is 2. The van der Waals surface area contributed by atoms with Gasteiger partial charge in [0, 0.05) is 24.8 Å². The van der Waals surface area contributed by atoms with Crippen molar-refractivity contribution < 1.29 is 4.52 Å². The molecule has 2 aromatic heterocycles. The average Bonchev–Trinajstić information content (AvgIpc) is 2.78. The number of hydrogen-bond donors (Lipinski definition) is 1. The molecule has 5 heteroatoms. The Morgan fingerprint density at radius 1 is 1.27 bits per heavy atom. The van der Waals surface area contributed by atoms with Crippen LogP contribution in [0.15, 0.2) is 35.0 Å². The van der Waals surface area contributed by atoms with Crippen molar-refractivity contribution in [3.63, 3.8) is 0 Å². The van der Waals surface area contributed by atoms with Gasteiger partial charge in [-0.1, -0.05) is 11.2 Å². The number of pyridine rings is 1. The van der Waals surface area contributed by atoms with Crippen LogP contribution in [-0.4, -0.2) is 34.2 Å². The SMILES string of the molecule is Cc1cc(CN(Cc2ccccn2)C2CCCNCC2)on1. The molecule has 3 rings (SSSR count). The van der Waals surface area contributed by atoms with Crippen LogP contribution in [-0.2, 0) is 13.1 Å². The summed E-state index contributed by atoms with van der Waals surface area (Å²) in [7, 11) is 0.